The highest BCUT2D eigenvalue weighted by Crippen LogP contribution is 2.05. The summed E-state index contributed by atoms with van der Waals surface area (Å²) in [5.74, 6) is -0.509. The second-order valence-electron chi connectivity index (χ2n) is 1.33. The zero-order valence-electron chi connectivity index (χ0n) is 4.48. The largest absolute Gasteiger partial charge is 0.319 e. The second-order valence-corrected chi connectivity index (χ2v) is 2.70. The summed E-state index contributed by atoms with van der Waals surface area (Å²) in [6, 6.07) is -0.801. The van der Waals surface area contributed by atoms with Crippen molar-refractivity contribution in [3.05, 3.63) is 4.91 Å². The Bertz CT molecular complexity index is 118. The summed E-state index contributed by atoms with van der Waals surface area (Å²) in [5.41, 5.74) is 5.13. The van der Waals surface area contributed by atoms with Gasteiger partial charge in [0.1, 0.15) is 0 Å². The van der Waals surface area contributed by atoms with Gasteiger partial charge in [0.25, 0.3) is 0 Å². The van der Waals surface area contributed by atoms with Crippen molar-refractivity contribution in [1.82, 2.24) is 0 Å². The molecule has 0 radical (unpaired) electrons. The number of nitrogens with zero attached hydrogens (tertiary/aromatic N) is 1. The average Bonchev–Trinajstić information content (AvgIpc) is 1.87. The molecule has 2 N–H and O–H groups in total. The quantitative estimate of drug-likeness (QED) is 0.356. The number of amides is 1. The van der Waals surface area contributed by atoms with Crippen molar-refractivity contribution in [2.24, 2.45) is 10.9 Å². The first-order valence-corrected chi connectivity index (χ1v) is 4.15. The van der Waals surface area contributed by atoms with Crippen LogP contribution in [0.15, 0.2) is 5.18 Å². The molecule has 0 aromatic carbocycles. The van der Waals surface area contributed by atoms with E-state index in [1.165, 1.54) is 0 Å². The molecule has 0 aromatic rings. The minimum Gasteiger partial charge on any atom is -0.319 e. The molecule has 0 heterocycles. The molecule has 1 amide bonds. The van der Waals surface area contributed by atoms with Crippen LogP contribution in [-0.2, 0) is 4.79 Å². The van der Waals surface area contributed by atoms with Crippen LogP contribution in [0.25, 0.3) is 0 Å². The van der Waals surface area contributed by atoms with Gasteiger partial charge in [-0.3, -0.25) is 4.79 Å². The standard InChI is InChI=1S/C3H6N2O2S2/c4-2(1-9-8)3(6)5-7/h2,8H,1,4H2/t2-/m1/s1. The Morgan fingerprint density at radius 2 is 2.44 bits per heavy atom. The van der Waals surface area contributed by atoms with Gasteiger partial charge in [-0.15, -0.1) is 16.6 Å². The summed E-state index contributed by atoms with van der Waals surface area (Å²) >= 11 is 3.73. The van der Waals surface area contributed by atoms with E-state index < -0.39 is 11.9 Å². The maximum absolute atomic E-state index is 10.3. The third kappa shape index (κ3) is 3.50. The molecular weight excluding hydrogens is 160 g/mol. The Balaban J connectivity index is 3.58. The molecule has 0 fully saturated rings. The first kappa shape index (κ1) is 8.93. The van der Waals surface area contributed by atoms with E-state index in [0.29, 0.717) is 5.75 Å². The molecule has 0 aliphatic carbocycles. The van der Waals surface area contributed by atoms with Crippen LogP contribution in [0, 0.1) is 4.91 Å². The van der Waals surface area contributed by atoms with Gasteiger partial charge < -0.3 is 5.73 Å². The maximum atomic E-state index is 10.3. The predicted molar refractivity (Wildman–Crippen MR) is 40.2 cm³/mol. The van der Waals surface area contributed by atoms with E-state index in [0.717, 1.165) is 10.8 Å². The highest BCUT2D eigenvalue weighted by Gasteiger charge is 2.11. The molecule has 6 heteroatoms. The Labute approximate surface area is 61.3 Å². The molecule has 0 rings (SSSR count). The van der Waals surface area contributed by atoms with E-state index in [1.807, 2.05) is 0 Å². The van der Waals surface area contributed by atoms with Gasteiger partial charge in [0, 0.05) is 10.9 Å². The minimum absolute atomic E-state index is 0.313. The number of carbonyl (C=O) groups is 1. The molecule has 0 unspecified atom stereocenters. The number of carbonyl (C=O) groups excluding carboxylic acids is 1. The van der Waals surface area contributed by atoms with E-state index in [1.54, 1.807) is 0 Å². The van der Waals surface area contributed by atoms with E-state index in [4.69, 9.17) is 5.73 Å². The lowest BCUT2D eigenvalue weighted by molar-refractivity contribution is -0.118. The molecule has 0 bridgehead atoms. The lowest BCUT2D eigenvalue weighted by atomic mass is 10.3. The number of thiol groups is 1. The second kappa shape index (κ2) is 4.78. The molecule has 0 aromatic heterocycles. The molecule has 0 aliphatic rings. The van der Waals surface area contributed by atoms with Crippen LogP contribution in [0.3, 0.4) is 0 Å². The molecule has 52 valence electrons. The Kier molecular flexibility index (Phi) is 4.74. The van der Waals surface area contributed by atoms with Gasteiger partial charge >= 0.3 is 5.91 Å². The van der Waals surface area contributed by atoms with Crippen molar-refractivity contribution in [3.8, 4) is 0 Å². The van der Waals surface area contributed by atoms with Gasteiger partial charge in [0.15, 0.2) is 0 Å². The first-order chi connectivity index (χ1) is 4.22. The maximum Gasteiger partial charge on any atom is 0.303 e. The SMILES string of the molecule is N[C@H](CSS)C(=O)N=O. The smallest absolute Gasteiger partial charge is 0.303 e. The lowest BCUT2D eigenvalue weighted by Crippen LogP contribution is -2.30. The number of hydrogen-bond donors (Lipinski definition) is 2. The highest BCUT2D eigenvalue weighted by atomic mass is 33.1. The summed E-state index contributed by atoms with van der Waals surface area (Å²) in [4.78, 5) is 19.8. The number of rotatable bonds is 3. The van der Waals surface area contributed by atoms with Crippen LogP contribution in [0.5, 0.6) is 0 Å². The normalized spacial score (nSPS) is 12.7. The summed E-state index contributed by atoms with van der Waals surface area (Å²) in [6.07, 6.45) is 0. The van der Waals surface area contributed by atoms with Crippen molar-refractivity contribution in [3.63, 3.8) is 0 Å². The summed E-state index contributed by atoms with van der Waals surface area (Å²) < 4.78 is 0. The van der Waals surface area contributed by atoms with Crippen molar-refractivity contribution < 1.29 is 4.79 Å². The van der Waals surface area contributed by atoms with Crippen LogP contribution in [0.1, 0.15) is 0 Å². The van der Waals surface area contributed by atoms with E-state index in [-0.39, 0.29) is 0 Å². The third-order valence-electron chi connectivity index (χ3n) is 0.661. The fraction of sp³-hybridized carbons (Fsp3) is 0.667. The number of nitroso groups, excluding NO2 is 1. The minimum atomic E-state index is -0.823. The van der Waals surface area contributed by atoms with Crippen molar-refractivity contribution in [1.29, 1.82) is 0 Å². The zero-order valence-corrected chi connectivity index (χ0v) is 6.19. The molecule has 0 spiro atoms. The summed E-state index contributed by atoms with van der Waals surface area (Å²) in [5, 5.41) is 2.15. The van der Waals surface area contributed by atoms with Crippen molar-refractivity contribution in [2.75, 3.05) is 5.75 Å². The Morgan fingerprint density at radius 3 is 2.78 bits per heavy atom. The number of hydrogen-bond acceptors (Lipinski definition) is 5. The molecule has 9 heavy (non-hydrogen) atoms. The highest BCUT2D eigenvalue weighted by molar-refractivity contribution is 8.68. The van der Waals surface area contributed by atoms with Crippen LogP contribution in [0.2, 0.25) is 0 Å². The van der Waals surface area contributed by atoms with Crippen LogP contribution >= 0.6 is 22.5 Å². The first-order valence-electron chi connectivity index (χ1n) is 2.11. The zero-order chi connectivity index (χ0) is 7.28. The lowest BCUT2D eigenvalue weighted by Gasteiger charge is -1.99. The van der Waals surface area contributed by atoms with Crippen molar-refractivity contribution in [2.45, 2.75) is 6.04 Å². The third-order valence-corrected chi connectivity index (χ3v) is 1.62. The molecule has 4 nitrogen and oxygen atoms in total. The van der Waals surface area contributed by atoms with Gasteiger partial charge in [-0.2, -0.15) is 0 Å². The Hall–Kier alpha value is -0.0700. The summed E-state index contributed by atoms with van der Waals surface area (Å²) in [6.45, 7) is 0. The molecule has 0 aliphatic heterocycles. The molecule has 1 atom stereocenters. The van der Waals surface area contributed by atoms with Crippen LogP contribution in [0.4, 0.5) is 0 Å². The van der Waals surface area contributed by atoms with Gasteiger partial charge in [-0.1, -0.05) is 10.8 Å². The predicted octanol–water partition coefficient (Wildman–Crippen LogP) is 0.185. The Morgan fingerprint density at radius 1 is 1.89 bits per heavy atom. The van der Waals surface area contributed by atoms with E-state index >= 15 is 0 Å². The van der Waals surface area contributed by atoms with E-state index in [9.17, 15) is 9.70 Å². The average molecular weight is 166 g/mol. The van der Waals surface area contributed by atoms with Gasteiger partial charge in [-0.25, -0.2) is 0 Å². The topological polar surface area (TPSA) is 72.5 Å². The van der Waals surface area contributed by atoms with E-state index in [2.05, 4.69) is 16.8 Å². The van der Waals surface area contributed by atoms with Crippen LogP contribution < -0.4 is 5.73 Å². The van der Waals surface area contributed by atoms with Gasteiger partial charge in [-0.05, 0) is 0 Å². The summed E-state index contributed by atoms with van der Waals surface area (Å²) in [7, 11) is 1.10. The monoisotopic (exact) mass is 166 g/mol. The fourth-order valence-corrected chi connectivity index (χ4v) is 1.00. The molecular formula is C3H6N2O2S2. The van der Waals surface area contributed by atoms with Crippen molar-refractivity contribution >= 4 is 28.4 Å². The fourth-order valence-electron chi connectivity index (χ4n) is 0.219. The van der Waals surface area contributed by atoms with Crippen LogP contribution in [-0.4, -0.2) is 17.7 Å². The number of nitrogens with two attached hydrogens (primary N) is 1. The molecule has 0 saturated carbocycles. The van der Waals surface area contributed by atoms with Gasteiger partial charge in [0.2, 0.25) is 0 Å². The van der Waals surface area contributed by atoms with Gasteiger partial charge in [0.05, 0.1) is 6.04 Å². The molecule has 0 saturated heterocycles.